The van der Waals surface area contributed by atoms with Crippen LogP contribution in [-0.2, 0) is 0 Å². The van der Waals surface area contributed by atoms with E-state index in [1.165, 1.54) is 16.0 Å². The summed E-state index contributed by atoms with van der Waals surface area (Å²) in [4.78, 5) is 3.98. The molecule has 0 saturated carbocycles. The first kappa shape index (κ1) is 14.1. The molecule has 20 heavy (non-hydrogen) atoms. The van der Waals surface area contributed by atoms with Gasteiger partial charge in [-0.15, -0.1) is 11.3 Å². The summed E-state index contributed by atoms with van der Waals surface area (Å²) in [6.45, 7) is 6.46. The molecule has 0 radical (unpaired) electrons. The number of halogens is 1. The maximum atomic E-state index is 6.11. The van der Waals surface area contributed by atoms with Crippen LogP contribution in [0.4, 0.5) is 0 Å². The number of nitrogens with zero attached hydrogens (tertiary/aromatic N) is 1. The molecule has 1 atom stereocenters. The third kappa shape index (κ3) is 2.91. The molecule has 1 aliphatic heterocycles. The number of benzene rings is 1. The van der Waals surface area contributed by atoms with Gasteiger partial charge in [0.1, 0.15) is 0 Å². The highest BCUT2D eigenvalue weighted by Crippen LogP contribution is 2.34. The summed E-state index contributed by atoms with van der Waals surface area (Å²) in [6.07, 6.45) is 0. The van der Waals surface area contributed by atoms with Crippen LogP contribution in [0.5, 0.6) is 0 Å². The van der Waals surface area contributed by atoms with Gasteiger partial charge in [-0.3, -0.25) is 4.90 Å². The molecule has 2 aromatic rings. The molecule has 1 saturated heterocycles. The van der Waals surface area contributed by atoms with E-state index in [0.717, 1.165) is 31.2 Å². The van der Waals surface area contributed by atoms with Gasteiger partial charge in [-0.1, -0.05) is 23.7 Å². The van der Waals surface area contributed by atoms with Crippen LogP contribution in [0.1, 0.15) is 22.0 Å². The van der Waals surface area contributed by atoms with Gasteiger partial charge in [-0.2, -0.15) is 0 Å². The molecule has 0 unspecified atom stereocenters. The molecule has 0 amide bonds. The zero-order chi connectivity index (χ0) is 13.9. The average Bonchev–Trinajstić information content (AvgIpc) is 2.97. The number of aryl methyl sites for hydroxylation is 1. The van der Waals surface area contributed by atoms with Gasteiger partial charge >= 0.3 is 0 Å². The van der Waals surface area contributed by atoms with Crippen LogP contribution in [0, 0.1) is 6.92 Å². The number of rotatable bonds is 3. The van der Waals surface area contributed by atoms with Gasteiger partial charge in [0.05, 0.1) is 6.04 Å². The standard InChI is InChI=1S/C16H19ClN2S/c1-12-11-13(17)4-5-14(12)16(15-3-2-10-20-15)19-8-6-18-7-9-19/h2-5,10-11,16,18H,6-9H2,1H3/t16-/m0/s1. The highest BCUT2D eigenvalue weighted by atomic mass is 35.5. The minimum Gasteiger partial charge on any atom is -0.314 e. The van der Waals surface area contributed by atoms with Crippen molar-refractivity contribution in [2.75, 3.05) is 26.2 Å². The zero-order valence-corrected chi connectivity index (χ0v) is 13.2. The fraction of sp³-hybridized carbons (Fsp3) is 0.375. The number of piperazine rings is 1. The quantitative estimate of drug-likeness (QED) is 0.930. The molecule has 4 heteroatoms. The number of nitrogens with one attached hydrogen (secondary N) is 1. The van der Waals surface area contributed by atoms with Crippen molar-refractivity contribution in [2.24, 2.45) is 0 Å². The average molecular weight is 307 g/mol. The summed E-state index contributed by atoms with van der Waals surface area (Å²) in [5.41, 5.74) is 2.65. The second-order valence-corrected chi connectivity index (χ2v) is 6.62. The molecule has 1 aromatic heterocycles. The lowest BCUT2D eigenvalue weighted by Crippen LogP contribution is -2.45. The van der Waals surface area contributed by atoms with Gasteiger partial charge in [0.25, 0.3) is 0 Å². The first-order valence-electron chi connectivity index (χ1n) is 7.00. The lowest BCUT2D eigenvalue weighted by atomic mass is 9.98. The van der Waals surface area contributed by atoms with Crippen LogP contribution in [-0.4, -0.2) is 31.1 Å². The zero-order valence-electron chi connectivity index (χ0n) is 11.6. The minimum atomic E-state index is 0.356. The van der Waals surface area contributed by atoms with E-state index >= 15 is 0 Å². The Labute approximate surface area is 129 Å². The van der Waals surface area contributed by atoms with Crippen LogP contribution in [0.2, 0.25) is 5.02 Å². The summed E-state index contributed by atoms with van der Waals surface area (Å²) in [5.74, 6) is 0. The van der Waals surface area contributed by atoms with E-state index in [9.17, 15) is 0 Å². The Bertz CT molecular complexity index is 562. The predicted molar refractivity (Wildman–Crippen MR) is 86.8 cm³/mol. The Kier molecular flexibility index (Phi) is 4.41. The SMILES string of the molecule is Cc1cc(Cl)ccc1[C@@H](c1cccs1)N1CCNCC1. The molecule has 1 aromatic carbocycles. The first-order valence-corrected chi connectivity index (χ1v) is 8.25. The summed E-state index contributed by atoms with van der Waals surface area (Å²) >= 11 is 7.95. The van der Waals surface area contributed by atoms with Gasteiger partial charge in [0.2, 0.25) is 0 Å². The molecule has 1 fully saturated rings. The lowest BCUT2D eigenvalue weighted by molar-refractivity contribution is 0.200. The topological polar surface area (TPSA) is 15.3 Å². The first-order chi connectivity index (χ1) is 9.75. The summed E-state index contributed by atoms with van der Waals surface area (Å²) in [6, 6.07) is 11.0. The second-order valence-electron chi connectivity index (χ2n) is 5.20. The van der Waals surface area contributed by atoms with E-state index in [1.807, 2.05) is 17.4 Å². The molecule has 2 nitrogen and oxygen atoms in total. The summed E-state index contributed by atoms with van der Waals surface area (Å²) in [7, 11) is 0. The third-order valence-corrected chi connectivity index (χ3v) is 5.02. The molecular formula is C16H19ClN2S. The van der Waals surface area contributed by atoms with E-state index in [0.29, 0.717) is 6.04 Å². The molecule has 0 aliphatic carbocycles. The highest BCUT2D eigenvalue weighted by Gasteiger charge is 2.25. The van der Waals surface area contributed by atoms with Gasteiger partial charge in [0, 0.05) is 36.1 Å². The second kappa shape index (κ2) is 6.27. The maximum Gasteiger partial charge on any atom is 0.0699 e. The van der Waals surface area contributed by atoms with Gasteiger partial charge in [-0.05, 0) is 41.6 Å². The lowest BCUT2D eigenvalue weighted by Gasteiger charge is -2.35. The van der Waals surface area contributed by atoms with Gasteiger partial charge in [0.15, 0.2) is 0 Å². The van der Waals surface area contributed by atoms with Crippen LogP contribution in [0.15, 0.2) is 35.7 Å². The van der Waals surface area contributed by atoms with E-state index in [2.05, 4.69) is 46.8 Å². The van der Waals surface area contributed by atoms with Crippen LogP contribution in [0.25, 0.3) is 0 Å². The largest absolute Gasteiger partial charge is 0.314 e. The summed E-state index contributed by atoms with van der Waals surface area (Å²) < 4.78 is 0. The van der Waals surface area contributed by atoms with Crippen LogP contribution >= 0.6 is 22.9 Å². The maximum absolute atomic E-state index is 6.11. The molecular weight excluding hydrogens is 288 g/mol. The fourth-order valence-corrected chi connectivity index (χ4v) is 3.97. The number of hydrogen-bond acceptors (Lipinski definition) is 3. The number of hydrogen-bond donors (Lipinski definition) is 1. The van der Waals surface area contributed by atoms with Crippen LogP contribution in [0.3, 0.4) is 0 Å². The molecule has 3 rings (SSSR count). The fourth-order valence-electron chi connectivity index (χ4n) is 2.86. The molecule has 1 N–H and O–H groups in total. The monoisotopic (exact) mass is 306 g/mol. The van der Waals surface area contributed by atoms with Crippen molar-refractivity contribution in [1.82, 2.24) is 10.2 Å². The van der Waals surface area contributed by atoms with Crippen molar-refractivity contribution < 1.29 is 0 Å². The van der Waals surface area contributed by atoms with Crippen molar-refractivity contribution in [3.05, 3.63) is 56.7 Å². The minimum absolute atomic E-state index is 0.356. The Balaban J connectivity index is 2.00. The van der Waals surface area contributed by atoms with Crippen LogP contribution < -0.4 is 5.32 Å². The predicted octanol–water partition coefficient (Wildman–Crippen LogP) is 3.70. The van der Waals surface area contributed by atoms with Crippen molar-refractivity contribution in [3.8, 4) is 0 Å². The molecule has 2 heterocycles. The molecule has 1 aliphatic rings. The van der Waals surface area contributed by atoms with Crippen molar-refractivity contribution in [1.29, 1.82) is 0 Å². The van der Waals surface area contributed by atoms with Gasteiger partial charge < -0.3 is 5.32 Å². The normalized spacial score (nSPS) is 18.1. The highest BCUT2D eigenvalue weighted by molar-refractivity contribution is 7.10. The van der Waals surface area contributed by atoms with E-state index in [1.54, 1.807) is 0 Å². The Morgan fingerprint density at radius 2 is 2.05 bits per heavy atom. The Morgan fingerprint density at radius 3 is 2.70 bits per heavy atom. The van der Waals surface area contributed by atoms with E-state index < -0.39 is 0 Å². The smallest absolute Gasteiger partial charge is 0.0699 e. The third-order valence-electron chi connectivity index (χ3n) is 3.86. The summed E-state index contributed by atoms with van der Waals surface area (Å²) in [5, 5.41) is 6.41. The van der Waals surface area contributed by atoms with E-state index in [4.69, 9.17) is 11.6 Å². The number of thiophene rings is 1. The van der Waals surface area contributed by atoms with Crippen molar-refractivity contribution in [3.63, 3.8) is 0 Å². The van der Waals surface area contributed by atoms with E-state index in [-0.39, 0.29) is 0 Å². The van der Waals surface area contributed by atoms with Crippen molar-refractivity contribution in [2.45, 2.75) is 13.0 Å². The van der Waals surface area contributed by atoms with Gasteiger partial charge in [-0.25, -0.2) is 0 Å². The Hall–Kier alpha value is -0.870. The molecule has 106 valence electrons. The molecule has 0 spiro atoms. The Morgan fingerprint density at radius 1 is 1.25 bits per heavy atom. The van der Waals surface area contributed by atoms with Crippen molar-refractivity contribution >= 4 is 22.9 Å². The molecule has 0 bridgehead atoms.